The molecule has 0 heterocycles. The zero-order valence-corrected chi connectivity index (χ0v) is 13.3. The molecule has 0 aromatic heterocycles. The van der Waals surface area contributed by atoms with Gasteiger partial charge in [-0.1, -0.05) is 11.6 Å². The number of carbonyl (C=O) groups excluding carboxylic acids is 1. The quantitative estimate of drug-likeness (QED) is 0.884. The lowest BCUT2D eigenvalue weighted by Gasteiger charge is -2.20. The van der Waals surface area contributed by atoms with Gasteiger partial charge in [-0.3, -0.25) is 5.32 Å². The largest absolute Gasteiger partial charge is 0.444 e. The highest BCUT2D eigenvalue weighted by Gasteiger charge is 2.16. The summed E-state index contributed by atoms with van der Waals surface area (Å²) in [4.78, 5) is 11.7. The van der Waals surface area contributed by atoms with Gasteiger partial charge in [0.05, 0.1) is 0 Å². The zero-order chi connectivity index (χ0) is 15.3. The number of rotatable bonds is 4. The van der Waals surface area contributed by atoms with E-state index >= 15 is 0 Å². The fourth-order valence-corrected chi connectivity index (χ4v) is 1.86. The van der Waals surface area contributed by atoms with Crippen molar-refractivity contribution in [1.29, 1.82) is 0 Å². The molecule has 1 amide bonds. The highest BCUT2D eigenvalue weighted by molar-refractivity contribution is 6.31. The number of aryl methyl sites for hydroxylation is 1. The van der Waals surface area contributed by atoms with Crippen LogP contribution in [0.25, 0.3) is 0 Å². The van der Waals surface area contributed by atoms with Crippen LogP contribution < -0.4 is 11.1 Å². The molecule has 0 spiro atoms. The number of nitrogens with two attached hydrogens (primary N) is 1. The van der Waals surface area contributed by atoms with Gasteiger partial charge in [-0.2, -0.15) is 0 Å². The standard InChI is InChI=1S/C15H23ClN2O2/c1-10(17)5-6-11-9-12(7-8-13(11)16)18-14(19)20-15(2,3)4/h7-10H,5-6,17H2,1-4H3,(H,18,19)/t10-/m0/s1. The number of hydrogen-bond acceptors (Lipinski definition) is 3. The lowest BCUT2D eigenvalue weighted by Crippen LogP contribution is -2.27. The molecule has 1 aromatic rings. The predicted octanol–water partition coefficient (Wildman–Crippen LogP) is 3.97. The number of halogens is 1. The van der Waals surface area contributed by atoms with E-state index in [-0.39, 0.29) is 6.04 Å². The Morgan fingerprint density at radius 2 is 2.10 bits per heavy atom. The first kappa shape index (κ1) is 16.8. The molecule has 3 N–H and O–H groups in total. The molecule has 0 aliphatic carbocycles. The van der Waals surface area contributed by atoms with Crippen molar-refractivity contribution in [2.24, 2.45) is 5.73 Å². The smallest absolute Gasteiger partial charge is 0.412 e. The van der Waals surface area contributed by atoms with Crippen LogP contribution in [-0.2, 0) is 11.2 Å². The number of carbonyl (C=O) groups is 1. The number of ether oxygens (including phenoxy) is 1. The van der Waals surface area contributed by atoms with E-state index in [0.717, 1.165) is 18.4 Å². The Labute approximate surface area is 125 Å². The van der Waals surface area contributed by atoms with Gasteiger partial charge in [0, 0.05) is 16.8 Å². The summed E-state index contributed by atoms with van der Waals surface area (Å²) in [5.41, 5.74) is 6.87. The van der Waals surface area contributed by atoms with Crippen LogP contribution >= 0.6 is 11.6 Å². The summed E-state index contributed by atoms with van der Waals surface area (Å²) in [6.07, 6.45) is 1.15. The van der Waals surface area contributed by atoms with Crippen LogP contribution in [0.15, 0.2) is 18.2 Å². The zero-order valence-electron chi connectivity index (χ0n) is 12.5. The van der Waals surface area contributed by atoms with E-state index in [1.807, 2.05) is 33.8 Å². The molecule has 0 aliphatic heterocycles. The SMILES string of the molecule is C[C@H](N)CCc1cc(NC(=O)OC(C)(C)C)ccc1Cl. The third-order valence-electron chi connectivity index (χ3n) is 2.56. The van der Waals surface area contributed by atoms with Crippen molar-refractivity contribution < 1.29 is 9.53 Å². The van der Waals surface area contributed by atoms with E-state index in [4.69, 9.17) is 22.1 Å². The Bertz CT molecular complexity index is 467. The van der Waals surface area contributed by atoms with Crippen LogP contribution in [0.5, 0.6) is 0 Å². The lowest BCUT2D eigenvalue weighted by atomic mass is 10.1. The molecule has 0 aliphatic rings. The highest BCUT2D eigenvalue weighted by atomic mass is 35.5. The van der Waals surface area contributed by atoms with Crippen molar-refractivity contribution in [3.05, 3.63) is 28.8 Å². The minimum atomic E-state index is -0.520. The highest BCUT2D eigenvalue weighted by Crippen LogP contribution is 2.22. The molecule has 1 aromatic carbocycles. The predicted molar refractivity (Wildman–Crippen MR) is 83.3 cm³/mol. The maximum absolute atomic E-state index is 11.7. The van der Waals surface area contributed by atoms with Gasteiger partial charge in [-0.05, 0) is 64.3 Å². The third-order valence-corrected chi connectivity index (χ3v) is 2.93. The molecular weight excluding hydrogens is 276 g/mol. The van der Waals surface area contributed by atoms with Gasteiger partial charge in [0.1, 0.15) is 5.60 Å². The Kier molecular flexibility index (Phi) is 5.84. The minimum Gasteiger partial charge on any atom is -0.444 e. The molecule has 0 unspecified atom stereocenters. The van der Waals surface area contributed by atoms with Gasteiger partial charge >= 0.3 is 6.09 Å². The van der Waals surface area contributed by atoms with Crippen LogP contribution in [0.4, 0.5) is 10.5 Å². The molecule has 5 heteroatoms. The molecular formula is C15H23ClN2O2. The number of anilines is 1. The van der Waals surface area contributed by atoms with Crippen molar-refractivity contribution >= 4 is 23.4 Å². The monoisotopic (exact) mass is 298 g/mol. The summed E-state index contributed by atoms with van der Waals surface area (Å²) in [5.74, 6) is 0. The first-order valence-corrected chi connectivity index (χ1v) is 7.09. The van der Waals surface area contributed by atoms with E-state index in [9.17, 15) is 4.79 Å². The summed E-state index contributed by atoms with van der Waals surface area (Å²) >= 11 is 6.14. The number of benzene rings is 1. The molecule has 1 atom stereocenters. The van der Waals surface area contributed by atoms with E-state index in [1.165, 1.54) is 0 Å². The maximum Gasteiger partial charge on any atom is 0.412 e. The molecule has 0 fully saturated rings. The van der Waals surface area contributed by atoms with Crippen molar-refractivity contribution in [2.75, 3.05) is 5.32 Å². The van der Waals surface area contributed by atoms with E-state index in [0.29, 0.717) is 10.7 Å². The Balaban J connectivity index is 2.72. The fourth-order valence-electron chi connectivity index (χ4n) is 1.65. The van der Waals surface area contributed by atoms with Crippen LogP contribution in [-0.4, -0.2) is 17.7 Å². The Morgan fingerprint density at radius 1 is 1.45 bits per heavy atom. The number of nitrogens with one attached hydrogen (secondary N) is 1. The Morgan fingerprint density at radius 3 is 2.65 bits per heavy atom. The van der Waals surface area contributed by atoms with Crippen LogP contribution in [0.2, 0.25) is 5.02 Å². The lowest BCUT2D eigenvalue weighted by molar-refractivity contribution is 0.0636. The maximum atomic E-state index is 11.7. The molecule has 1 rings (SSSR count). The molecule has 20 heavy (non-hydrogen) atoms. The second-order valence-corrected chi connectivity index (χ2v) is 6.36. The van der Waals surface area contributed by atoms with Gasteiger partial charge in [-0.15, -0.1) is 0 Å². The van der Waals surface area contributed by atoms with Gasteiger partial charge in [0.25, 0.3) is 0 Å². The van der Waals surface area contributed by atoms with Crippen molar-refractivity contribution in [2.45, 2.75) is 52.2 Å². The van der Waals surface area contributed by atoms with E-state index < -0.39 is 11.7 Å². The van der Waals surface area contributed by atoms with Gasteiger partial charge in [-0.25, -0.2) is 4.79 Å². The van der Waals surface area contributed by atoms with Gasteiger partial charge in [0.2, 0.25) is 0 Å². The summed E-state index contributed by atoms with van der Waals surface area (Å²) in [6, 6.07) is 5.50. The van der Waals surface area contributed by atoms with Crippen molar-refractivity contribution in [3.63, 3.8) is 0 Å². The van der Waals surface area contributed by atoms with Gasteiger partial charge in [0.15, 0.2) is 0 Å². The topological polar surface area (TPSA) is 64.3 Å². The summed E-state index contributed by atoms with van der Waals surface area (Å²) in [5, 5.41) is 3.38. The second kappa shape index (κ2) is 6.95. The molecule has 0 saturated heterocycles. The molecule has 112 valence electrons. The minimum absolute atomic E-state index is 0.119. The van der Waals surface area contributed by atoms with E-state index in [2.05, 4.69) is 5.32 Å². The number of hydrogen-bond donors (Lipinski definition) is 2. The Hall–Kier alpha value is -1.26. The second-order valence-electron chi connectivity index (χ2n) is 5.95. The fraction of sp³-hybridized carbons (Fsp3) is 0.533. The van der Waals surface area contributed by atoms with E-state index in [1.54, 1.807) is 12.1 Å². The summed E-state index contributed by atoms with van der Waals surface area (Å²) < 4.78 is 5.21. The normalized spacial score (nSPS) is 12.9. The average Bonchev–Trinajstić information content (AvgIpc) is 2.27. The van der Waals surface area contributed by atoms with Gasteiger partial charge < -0.3 is 10.5 Å². The first-order chi connectivity index (χ1) is 9.17. The average molecular weight is 299 g/mol. The number of amides is 1. The van der Waals surface area contributed by atoms with Crippen molar-refractivity contribution in [3.8, 4) is 0 Å². The summed E-state index contributed by atoms with van der Waals surface area (Å²) in [7, 11) is 0. The third kappa shape index (κ3) is 6.26. The molecule has 4 nitrogen and oxygen atoms in total. The van der Waals surface area contributed by atoms with Crippen LogP contribution in [0, 0.1) is 0 Å². The van der Waals surface area contributed by atoms with Crippen LogP contribution in [0.1, 0.15) is 39.7 Å². The summed E-state index contributed by atoms with van der Waals surface area (Å²) in [6.45, 7) is 7.42. The molecule has 0 bridgehead atoms. The first-order valence-electron chi connectivity index (χ1n) is 6.71. The van der Waals surface area contributed by atoms with Crippen molar-refractivity contribution in [1.82, 2.24) is 0 Å². The van der Waals surface area contributed by atoms with Crippen LogP contribution in [0.3, 0.4) is 0 Å². The molecule has 0 radical (unpaired) electrons. The molecule has 0 saturated carbocycles.